The number of hydrogen-bond donors (Lipinski definition) is 1. The van der Waals surface area contributed by atoms with Crippen molar-refractivity contribution in [2.45, 2.75) is 32.0 Å². The Hall–Kier alpha value is -1.60. The molecule has 0 saturated carbocycles. The first-order valence-electron chi connectivity index (χ1n) is 5.30. The van der Waals surface area contributed by atoms with E-state index in [4.69, 9.17) is 6.42 Å². The SMILES string of the molecule is C#CCCCC(O)c1ccccc1OC(F)F. The Bertz CT molecular complexity index is 385. The van der Waals surface area contributed by atoms with Crippen LogP contribution in [-0.2, 0) is 0 Å². The van der Waals surface area contributed by atoms with Gasteiger partial charge in [0.15, 0.2) is 0 Å². The second kappa shape index (κ2) is 6.87. The summed E-state index contributed by atoms with van der Waals surface area (Å²) < 4.78 is 28.6. The van der Waals surface area contributed by atoms with Gasteiger partial charge in [0.25, 0.3) is 0 Å². The minimum absolute atomic E-state index is 0.00991. The smallest absolute Gasteiger partial charge is 0.387 e. The van der Waals surface area contributed by atoms with E-state index >= 15 is 0 Å². The molecular weight excluding hydrogens is 226 g/mol. The van der Waals surface area contributed by atoms with Crippen LogP contribution in [-0.4, -0.2) is 11.7 Å². The maximum Gasteiger partial charge on any atom is 0.387 e. The molecule has 0 aliphatic rings. The van der Waals surface area contributed by atoms with Gasteiger partial charge < -0.3 is 9.84 Å². The van der Waals surface area contributed by atoms with E-state index < -0.39 is 12.7 Å². The van der Waals surface area contributed by atoms with E-state index in [1.165, 1.54) is 6.07 Å². The number of aliphatic hydroxyl groups excluding tert-OH is 1. The first-order chi connectivity index (χ1) is 8.15. The Kier molecular flexibility index (Phi) is 5.44. The molecule has 0 amide bonds. The summed E-state index contributed by atoms with van der Waals surface area (Å²) in [6.45, 7) is -2.89. The Labute approximate surface area is 99.2 Å². The molecule has 4 heteroatoms. The molecule has 0 heterocycles. The van der Waals surface area contributed by atoms with Gasteiger partial charge in [-0.2, -0.15) is 8.78 Å². The van der Waals surface area contributed by atoms with Crippen molar-refractivity contribution in [3.8, 4) is 18.1 Å². The summed E-state index contributed by atoms with van der Waals surface area (Å²) in [7, 11) is 0. The molecule has 2 nitrogen and oxygen atoms in total. The molecule has 0 fully saturated rings. The lowest BCUT2D eigenvalue weighted by Gasteiger charge is -2.15. The van der Waals surface area contributed by atoms with E-state index in [0.717, 1.165) is 0 Å². The van der Waals surface area contributed by atoms with Crippen molar-refractivity contribution in [1.29, 1.82) is 0 Å². The van der Waals surface area contributed by atoms with Crippen molar-refractivity contribution in [3.63, 3.8) is 0 Å². The lowest BCUT2D eigenvalue weighted by molar-refractivity contribution is -0.0516. The van der Waals surface area contributed by atoms with Crippen molar-refractivity contribution in [1.82, 2.24) is 0 Å². The molecular formula is C13H14F2O2. The van der Waals surface area contributed by atoms with Crippen LogP contribution in [0.5, 0.6) is 5.75 Å². The fourth-order valence-electron chi connectivity index (χ4n) is 1.51. The number of rotatable bonds is 6. The van der Waals surface area contributed by atoms with Crippen LogP contribution in [0, 0.1) is 12.3 Å². The summed E-state index contributed by atoms with van der Waals surface area (Å²) in [5, 5.41) is 9.85. The van der Waals surface area contributed by atoms with Gasteiger partial charge in [0.2, 0.25) is 0 Å². The molecule has 1 unspecified atom stereocenters. The van der Waals surface area contributed by atoms with Crippen LogP contribution >= 0.6 is 0 Å². The van der Waals surface area contributed by atoms with Gasteiger partial charge in [0, 0.05) is 12.0 Å². The van der Waals surface area contributed by atoms with Crippen LogP contribution in [0.1, 0.15) is 30.9 Å². The predicted octanol–water partition coefficient (Wildman–Crippen LogP) is 3.12. The van der Waals surface area contributed by atoms with Crippen molar-refractivity contribution >= 4 is 0 Å². The van der Waals surface area contributed by atoms with Crippen molar-refractivity contribution in [2.75, 3.05) is 0 Å². The maximum atomic E-state index is 12.1. The molecule has 0 saturated heterocycles. The lowest BCUT2D eigenvalue weighted by atomic mass is 10.0. The molecule has 1 aromatic rings. The highest BCUT2D eigenvalue weighted by molar-refractivity contribution is 5.35. The summed E-state index contributed by atoms with van der Waals surface area (Å²) in [6, 6.07) is 6.22. The number of aliphatic hydroxyl groups is 1. The maximum absolute atomic E-state index is 12.1. The Morgan fingerprint density at radius 3 is 2.71 bits per heavy atom. The highest BCUT2D eigenvalue weighted by Crippen LogP contribution is 2.29. The zero-order chi connectivity index (χ0) is 12.7. The van der Waals surface area contributed by atoms with E-state index in [2.05, 4.69) is 10.7 Å². The average molecular weight is 240 g/mol. The largest absolute Gasteiger partial charge is 0.434 e. The first-order valence-corrected chi connectivity index (χ1v) is 5.30. The summed E-state index contributed by atoms with van der Waals surface area (Å²) in [4.78, 5) is 0. The standard InChI is InChI=1S/C13H14F2O2/c1-2-3-4-8-11(16)10-7-5-6-9-12(10)17-13(14)15/h1,5-7,9,11,13,16H,3-4,8H2. The number of alkyl halides is 2. The number of hydrogen-bond acceptors (Lipinski definition) is 2. The normalized spacial score (nSPS) is 12.2. The summed E-state index contributed by atoms with van der Waals surface area (Å²) in [5.74, 6) is 2.47. The fraction of sp³-hybridized carbons (Fsp3) is 0.385. The average Bonchev–Trinajstić information content (AvgIpc) is 2.29. The zero-order valence-corrected chi connectivity index (χ0v) is 9.27. The Morgan fingerprint density at radius 1 is 1.35 bits per heavy atom. The minimum Gasteiger partial charge on any atom is -0.434 e. The van der Waals surface area contributed by atoms with Crippen LogP contribution in [0.15, 0.2) is 24.3 Å². The third kappa shape index (κ3) is 4.41. The first kappa shape index (κ1) is 13.5. The van der Waals surface area contributed by atoms with Gasteiger partial charge in [-0.15, -0.1) is 12.3 Å². The van der Waals surface area contributed by atoms with Gasteiger partial charge >= 0.3 is 6.61 Å². The third-order valence-corrected chi connectivity index (χ3v) is 2.29. The molecule has 0 aromatic heterocycles. The lowest BCUT2D eigenvalue weighted by Crippen LogP contribution is -2.07. The van der Waals surface area contributed by atoms with Crippen LogP contribution < -0.4 is 4.74 Å². The molecule has 1 atom stereocenters. The van der Waals surface area contributed by atoms with Gasteiger partial charge in [-0.25, -0.2) is 0 Å². The number of para-hydroxylation sites is 1. The van der Waals surface area contributed by atoms with Crippen LogP contribution in [0.2, 0.25) is 0 Å². The van der Waals surface area contributed by atoms with Gasteiger partial charge in [-0.1, -0.05) is 18.2 Å². The molecule has 0 aliphatic carbocycles. The van der Waals surface area contributed by atoms with Crippen molar-refractivity contribution < 1.29 is 18.6 Å². The number of unbranched alkanes of at least 4 members (excludes halogenated alkanes) is 1. The molecule has 1 aromatic carbocycles. The Balaban J connectivity index is 2.71. The van der Waals surface area contributed by atoms with Crippen LogP contribution in [0.3, 0.4) is 0 Å². The summed E-state index contributed by atoms with van der Waals surface area (Å²) in [6.07, 6.45) is 5.87. The van der Waals surface area contributed by atoms with E-state index in [9.17, 15) is 13.9 Å². The van der Waals surface area contributed by atoms with E-state index in [1.54, 1.807) is 18.2 Å². The Morgan fingerprint density at radius 2 is 2.06 bits per heavy atom. The molecule has 17 heavy (non-hydrogen) atoms. The highest BCUT2D eigenvalue weighted by Gasteiger charge is 2.15. The molecule has 0 aliphatic heterocycles. The van der Waals surface area contributed by atoms with E-state index in [1.807, 2.05) is 0 Å². The van der Waals surface area contributed by atoms with Gasteiger partial charge in [0.05, 0.1) is 6.10 Å². The van der Waals surface area contributed by atoms with Gasteiger partial charge in [-0.3, -0.25) is 0 Å². The monoisotopic (exact) mass is 240 g/mol. The summed E-state index contributed by atoms with van der Waals surface area (Å²) in [5.41, 5.74) is 0.366. The second-order valence-electron chi connectivity index (χ2n) is 3.53. The van der Waals surface area contributed by atoms with Gasteiger partial charge in [0.1, 0.15) is 5.75 Å². The van der Waals surface area contributed by atoms with E-state index in [-0.39, 0.29) is 5.75 Å². The number of terminal acetylenes is 1. The van der Waals surface area contributed by atoms with E-state index in [0.29, 0.717) is 24.8 Å². The molecule has 1 rings (SSSR count). The molecule has 0 spiro atoms. The highest BCUT2D eigenvalue weighted by atomic mass is 19.3. The third-order valence-electron chi connectivity index (χ3n) is 2.29. The number of halogens is 2. The minimum atomic E-state index is -2.89. The quantitative estimate of drug-likeness (QED) is 0.611. The predicted molar refractivity (Wildman–Crippen MR) is 60.7 cm³/mol. The van der Waals surface area contributed by atoms with Crippen molar-refractivity contribution in [2.24, 2.45) is 0 Å². The van der Waals surface area contributed by atoms with Crippen LogP contribution in [0.25, 0.3) is 0 Å². The molecule has 1 N–H and O–H groups in total. The number of benzene rings is 1. The topological polar surface area (TPSA) is 29.5 Å². The van der Waals surface area contributed by atoms with Gasteiger partial charge in [-0.05, 0) is 18.9 Å². The number of ether oxygens (including phenoxy) is 1. The molecule has 92 valence electrons. The summed E-state index contributed by atoms with van der Waals surface area (Å²) >= 11 is 0. The fourth-order valence-corrected chi connectivity index (χ4v) is 1.51. The molecule has 0 radical (unpaired) electrons. The van der Waals surface area contributed by atoms with Crippen LogP contribution in [0.4, 0.5) is 8.78 Å². The van der Waals surface area contributed by atoms with Crippen molar-refractivity contribution in [3.05, 3.63) is 29.8 Å². The molecule has 0 bridgehead atoms. The zero-order valence-electron chi connectivity index (χ0n) is 9.27. The second-order valence-corrected chi connectivity index (χ2v) is 3.53.